The first-order valence-corrected chi connectivity index (χ1v) is 32.8. The van der Waals surface area contributed by atoms with Gasteiger partial charge in [0.05, 0.1) is 44.3 Å². The number of para-hydroxylation sites is 1. The molecule has 3 aliphatic rings. The number of fused-ring (bicyclic) bond motifs is 1. The van der Waals surface area contributed by atoms with E-state index in [0.717, 1.165) is 10.9 Å². The maximum atomic E-state index is 14.7. The van der Waals surface area contributed by atoms with Crippen molar-refractivity contribution in [3.05, 3.63) is 127 Å². The minimum absolute atomic E-state index is 0.0126. The van der Waals surface area contributed by atoms with E-state index in [0.29, 0.717) is 53.3 Å². The summed E-state index contributed by atoms with van der Waals surface area (Å²) in [6.45, 7) is 2.83. The molecule has 9 heterocycles. The number of carbonyl (C=O) groups is 11. The zero-order valence-electron chi connectivity index (χ0n) is 54.4. The molecular formula is C64H82N22O13. The van der Waals surface area contributed by atoms with Gasteiger partial charge in [-0.2, -0.15) is 0 Å². The number of benzene rings is 1. The molecule has 35 heteroatoms. The summed E-state index contributed by atoms with van der Waals surface area (Å²) in [6, 6.07) is -6.90. The van der Waals surface area contributed by atoms with E-state index in [1.165, 1.54) is 77.3 Å². The Morgan fingerprint density at radius 1 is 0.485 bits per heavy atom. The Bertz CT molecular complexity index is 3920. The van der Waals surface area contributed by atoms with Crippen molar-refractivity contribution in [3.63, 3.8) is 0 Å². The van der Waals surface area contributed by atoms with Crippen molar-refractivity contribution in [2.45, 2.75) is 157 Å². The molecule has 0 aliphatic carbocycles. The summed E-state index contributed by atoms with van der Waals surface area (Å²) >= 11 is 0. The Hall–Kier alpha value is -11.1. The van der Waals surface area contributed by atoms with E-state index >= 15 is 0 Å². The van der Waals surface area contributed by atoms with E-state index in [9.17, 15) is 63.0 Å². The van der Waals surface area contributed by atoms with Gasteiger partial charge >= 0.3 is 5.97 Å². The molecule has 3 aliphatic heterocycles. The van der Waals surface area contributed by atoms with Crippen LogP contribution in [0.2, 0.25) is 0 Å². The molecule has 3 fully saturated rings. The summed E-state index contributed by atoms with van der Waals surface area (Å²) in [6.07, 6.45) is 17.1. The molecule has 10 rings (SSSR count). The van der Waals surface area contributed by atoms with Crippen LogP contribution < -0.4 is 43.0 Å². The number of amides is 10. The Balaban J connectivity index is 0.789. The van der Waals surface area contributed by atoms with Crippen molar-refractivity contribution < 1.29 is 63.0 Å². The zero-order chi connectivity index (χ0) is 70.3. The van der Waals surface area contributed by atoms with Crippen molar-refractivity contribution in [1.82, 2.24) is 107 Å². The number of carboxylic acids is 1. The lowest BCUT2D eigenvalue weighted by Crippen LogP contribution is -2.62. The number of aliphatic hydroxyl groups is 1. The summed E-state index contributed by atoms with van der Waals surface area (Å²) in [5.41, 5.74) is 9.87. The summed E-state index contributed by atoms with van der Waals surface area (Å²) < 4.78 is 0. The van der Waals surface area contributed by atoms with E-state index in [-0.39, 0.29) is 77.4 Å². The maximum Gasteiger partial charge on any atom is 0.326 e. The lowest BCUT2D eigenvalue weighted by molar-refractivity contribution is -0.151. The third-order valence-corrected chi connectivity index (χ3v) is 18.0. The molecule has 0 spiro atoms. The van der Waals surface area contributed by atoms with Gasteiger partial charge in [0, 0.05) is 135 Å². The highest BCUT2D eigenvalue weighted by molar-refractivity contribution is 6.00. The molecular weight excluding hydrogens is 1280 g/mol. The highest BCUT2D eigenvalue weighted by Crippen LogP contribution is 2.30. The van der Waals surface area contributed by atoms with Gasteiger partial charge in [-0.1, -0.05) is 32.0 Å². The molecule has 0 radical (unpaired) electrons. The molecule has 7 aromatic rings. The van der Waals surface area contributed by atoms with E-state index in [2.05, 4.69) is 92.0 Å². The predicted octanol–water partition coefficient (Wildman–Crippen LogP) is -3.03. The fourth-order valence-corrected chi connectivity index (χ4v) is 12.8. The Morgan fingerprint density at radius 3 is 1.31 bits per heavy atom. The highest BCUT2D eigenvalue weighted by atomic mass is 16.4. The third-order valence-electron chi connectivity index (χ3n) is 18.0. The largest absolute Gasteiger partial charge is 0.480 e. The highest BCUT2D eigenvalue weighted by Gasteiger charge is 2.48. The van der Waals surface area contributed by atoms with Gasteiger partial charge in [-0.3, -0.25) is 47.9 Å². The second-order valence-electron chi connectivity index (χ2n) is 25.3. The number of carboxylic acid groups (broad SMARTS) is 1. The number of nitrogens with two attached hydrogens (primary N) is 1. The van der Waals surface area contributed by atoms with Crippen LogP contribution in [0.15, 0.2) is 93.1 Å². The van der Waals surface area contributed by atoms with Gasteiger partial charge in [0.1, 0.15) is 60.4 Å². The number of H-pyrrole nitrogens is 6. The molecule has 35 nitrogen and oxygen atoms in total. The Labute approximate surface area is 566 Å². The number of rotatable bonds is 32. The van der Waals surface area contributed by atoms with Crippen LogP contribution in [-0.4, -0.2) is 237 Å². The number of nitrogens with zero attached hydrogens (tertiary/aromatic N) is 8. The summed E-state index contributed by atoms with van der Waals surface area (Å²) in [5.74, 6) is -9.40. The van der Waals surface area contributed by atoms with Crippen molar-refractivity contribution in [2.24, 2.45) is 11.7 Å². The van der Waals surface area contributed by atoms with Crippen LogP contribution in [0, 0.1) is 5.92 Å². The van der Waals surface area contributed by atoms with Crippen molar-refractivity contribution >= 4 is 75.9 Å². The van der Waals surface area contributed by atoms with Gasteiger partial charge in [-0.05, 0) is 56.1 Å². The number of carbonyl (C=O) groups excluding carboxylic acids is 10. The van der Waals surface area contributed by atoms with Crippen LogP contribution in [-0.2, 0) is 91.3 Å². The first-order valence-electron chi connectivity index (χ1n) is 32.8. The van der Waals surface area contributed by atoms with Crippen LogP contribution in [0.5, 0.6) is 0 Å². The van der Waals surface area contributed by atoms with E-state index in [1.54, 1.807) is 20.0 Å². The summed E-state index contributed by atoms with van der Waals surface area (Å²) in [5, 5.41) is 40.3. The molecule has 11 atom stereocenters. The minimum Gasteiger partial charge on any atom is -0.480 e. The fraction of sp³-hybridized carbons (Fsp3) is 0.469. The number of hydrogen-bond donors (Lipinski definition) is 16. The number of hydrogen-bond acceptors (Lipinski definition) is 18. The molecule has 0 unspecified atom stereocenters. The lowest BCUT2D eigenvalue weighted by atomic mass is 10.0. The van der Waals surface area contributed by atoms with E-state index in [1.807, 2.05) is 24.3 Å². The molecule has 0 saturated carbocycles. The molecule has 526 valence electrons. The standard InChI is InChI=1S/C64H82N22O13/c1-34(2)53(63(97)86-15-7-12-52(86)62(96)85-14-6-11-51(85)61(95)84-13-5-10-50(84)60(94)81-48(64(98)99)16-35-22-71-43-9-4-3-8-41(35)43)83-59(93)49(28-87)82-58(92)47(21-40-27-70-33-76-40)80-57(91)46(20-39-26-69-32-75-39)79-56(90)45(19-38-25-68-31-74-38)78-55(89)44(18-37-24-67-30-73-37)77-54(88)42(65)17-36-23-66-29-72-36/h3-4,8-9,22-27,29-34,42,44-53,71,87H,5-7,10-21,28,65H2,1-2H3,(H,66,72)(H,67,73)(H,68,74)(H,69,75)(H,70,76)(H,77,88)(H,78,89)(H,79,90)(H,80,91)(H,81,94)(H,82,92)(H,83,93)(H,98,99)/t42-,44-,45-,46-,47-,48-,49-,50-,51-,52-,53-/m0/s1. The summed E-state index contributed by atoms with van der Waals surface area (Å²) in [7, 11) is 0. The maximum absolute atomic E-state index is 14.7. The molecule has 1 aromatic carbocycles. The lowest BCUT2D eigenvalue weighted by Gasteiger charge is -2.35. The zero-order valence-corrected chi connectivity index (χ0v) is 54.4. The van der Waals surface area contributed by atoms with Crippen LogP contribution in [0.1, 0.15) is 86.4 Å². The quantitative estimate of drug-likeness (QED) is 0.0199. The first kappa shape index (κ1) is 70.7. The monoisotopic (exact) mass is 1370 g/mol. The third kappa shape index (κ3) is 17.7. The van der Waals surface area contributed by atoms with Crippen molar-refractivity contribution in [3.8, 4) is 0 Å². The van der Waals surface area contributed by atoms with Gasteiger partial charge in [0.2, 0.25) is 59.1 Å². The smallest absolute Gasteiger partial charge is 0.326 e. The topological polar surface area (TPSA) is 507 Å². The van der Waals surface area contributed by atoms with Gasteiger partial charge in [-0.25, -0.2) is 29.7 Å². The second-order valence-corrected chi connectivity index (χ2v) is 25.3. The minimum atomic E-state index is -1.73. The number of aliphatic carboxylic acids is 1. The molecule has 10 amide bonds. The van der Waals surface area contributed by atoms with Crippen molar-refractivity contribution in [1.29, 1.82) is 0 Å². The summed E-state index contributed by atoms with van der Waals surface area (Å²) in [4.78, 5) is 198. The Morgan fingerprint density at radius 2 is 0.879 bits per heavy atom. The Kier molecular flexibility index (Phi) is 23.4. The average Bonchev–Trinajstić information content (AvgIpc) is 1.68. The number of nitrogens with one attached hydrogen (secondary N) is 13. The normalized spacial score (nSPS) is 18.5. The number of aromatic amines is 6. The number of imidazole rings is 5. The van der Waals surface area contributed by atoms with E-state index < -0.39 is 144 Å². The van der Waals surface area contributed by atoms with E-state index in [4.69, 9.17) is 5.73 Å². The second kappa shape index (κ2) is 32.8. The number of likely N-dealkylation sites (tertiary alicyclic amines) is 3. The molecule has 17 N–H and O–H groups in total. The molecule has 6 aromatic heterocycles. The molecule has 99 heavy (non-hydrogen) atoms. The van der Waals surface area contributed by atoms with Crippen LogP contribution in [0.3, 0.4) is 0 Å². The number of aliphatic hydroxyl groups excluding tert-OH is 1. The average molecular weight is 1370 g/mol. The van der Waals surface area contributed by atoms with Crippen LogP contribution in [0.25, 0.3) is 10.9 Å². The first-order chi connectivity index (χ1) is 47.7. The van der Waals surface area contributed by atoms with Crippen molar-refractivity contribution in [2.75, 3.05) is 26.2 Å². The van der Waals surface area contributed by atoms with Gasteiger partial charge in [0.15, 0.2) is 0 Å². The van der Waals surface area contributed by atoms with Gasteiger partial charge < -0.3 is 97.8 Å². The number of aromatic nitrogens is 11. The van der Waals surface area contributed by atoms with Crippen LogP contribution in [0.4, 0.5) is 0 Å². The van der Waals surface area contributed by atoms with Crippen LogP contribution >= 0.6 is 0 Å². The SMILES string of the molecule is CC(C)[C@H](NC(=O)[C@H](CO)NC(=O)[C@H](Cc1cnc[nH]1)NC(=O)[C@H](Cc1cnc[nH]1)NC(=O)[C@H](Cc1cnc[nH]1)NC(=O)[C@H](Cc1cnc[nH]1)NC(=O)[C@@H](N)Cc1cnc[nH]1)C(=O)N1CCC[C@H]1C(=O)N1CCC[C@H]1C(=O)N1CCC[C@H]1C(=O)N[C@@H](Cc1c[nH]c2ccccc12)C(=O)O. The van der Waals surface area contributed by atoms with Gasteiger partial charge in [0.25, 0.3) is 0 Å². The molecule has 0 bridgehead atoms. The molecule has 3 saturated heterocycles. The fourth-order valence-electron chi connectivity index (χ4n) is 12.8. The van der Waals surface area contributed by atoms with Gasteiger partial charge in [-0.15, -0.1) is 0 Å². The predicted molar refractivity (Wildman–Crippen MR) is 349 cm³/mol.